The summed E-state index contributed by atoms with van der Waals surface area (Å²) in [6, 6.07) is 11.0. The van der Waals surface area contributed by atoms with Crippen LogP contribution in [0.1, 0.15) is 44.6 Å². The lowest BCUT2D eigenvalue weighted by molar-refractivity contribution is 0.182. The summed E-state index contributed by atoms with van der Waals surface area (Å²) in [6.07, 6.45) is 8.31. The van der Waals surface area contributed by atoms with Gasteiger partial charge in [0.05, 0.1) is 0 Å². The number of nitrogens with one attached hydrogen (secondary N) is 1. The zero-order valence-electron chi connectivity index (χ0n) is 11.0. The van der Waals surface area contributed by atoms with Crippen molar-refractivity contribution in [2.75, 3.05) is 13.1 Å². The first kappa shape index (κ1) is 12.6. The van der Waals surface area contributed by atoms with Crippen LogP contribution in [0.15, 0.2) is 30.3 Å². The Labute approximate surface area is 106 Å². The van der Waals surface area contributed by atoms with E-state index in [0.717, 1.165) is 6.54 Å². The third-order valence-corrected chi connectivity index (χ3v) is 4.09. The highest BCUT2D eigenvalue weighted by Crippen LogP contribution is 2.38. The maximum atomic E-state index is 3.58. The fraction of sp³-hybridized carbons (Fsp3) is 0.625. The Kier molecular flexibility index (Phi) is 4.61. The molecule has 17 heavy (non-hydrogen) atoms. The van der Waals surface area contributed by atoms with Gasteiger partial charge in [0.1, 0.15) is 0 Å². The van der Waals surface area contributed by atoms with Crippen LogP contribution in [0.4, 0.5) is 0 Å². The predicted molar refractivity (Wildman–Crippen MR) is 74.2 cm³/mol. The first-order chi connectivity index (χ1) is 8.35. The molecule has 0 spiro atoms. The molecule has 0 heterocycles. The highest BCUT2D eigenvalue weighted by molar-refractivity contribution is 5.17. The molecule has 0 aliphatic heterocycles. The average Bonchev–Trinajstić information content (AvgIpc) is 2.39. The Hall–Kier alpha value is -0.820. The van der Waals surface area contributed by atoms with E-state index in [1.807, 2.05) is 0 Å². The molecule has 0 radical (unpaired) electrons. The summed E-state index contributed by atoms with van der Waals surface area (Å²) in [5.41, 5.74) is 2.03. The molecule has 0 saturated heterocycles. The summed E-state index contributed by atoms with van der Waals surface area (Å²) in [7, 11) is 0. The Balaban J connectivity index is 2.04. The van der Waals surface area contributed by atoms with Crippen LogP contribution in [0, 0.1) is 5.41 Å². The maximum Gasteiger partial charge on any atom is 0.00109 e. The van der Waals surface area contributed by atoms with Crippen LogP contribution < -0.4 is 5.32 Å². The summed E-state index contributed by atoms with van der Waals surface area (Å²) < 4.78 is 0. The SMILES string of the molecule is CCNCC1(Cc2ccccc2)CCCCC1. The van der Waals surface area contributed by atoms with Crippen LogP contribution in [0.3, 0.4) is 0 Å². The molecule has 0 unspecified atom stereocenters. The summed E-state index contributed by atoms with van der Waals surface area (Å²) >= 11 is 0. The van der Waals surface area contributed by atoms with Crippen LogP contribution >= 0.6 is 0 Å². The Morgan fingerprint density at radius 2 is 1.76 bits per heavy atom. The van der Waals surface area contributed by atoms with Gasteiger partial charge >= 0.3 is 0 Å². The van der Waals surface area contributed by atoms with E-state index in [1.54, 1.807) is 0 Å². The van der Waals surface area contributed by atoms with Crippen LogP contribution in [0.25, 0.3) is 0 Å². The molecule has 1 heteroatoms. The number of hydrogen-bond acceptors (Lipinski definition) is 1. The quantitative estimate of drug-likeness (QED) is 0.813. The van der Waals surface area contributed by atoms with E-state index in [2.05, 4.69) is 42.6 Å². The van der Waals surface area contributed by atoms with E-state index in [0.29, 0.717) is 5.41 Å². The molecule has 0 aromatic heterocycles. The van der Waals surface area contributed by atoms with E-state index < -0.39 is 0 Å². The Bertz CT molecular complexity index is 312. The fourth-order valence-electron chi connectivity index (χ4n) is 3.14. The zero-order valence-corrected chi connectivity index (χ0v) is 11.0. The molecule has 1 nitrogen and oxygen atoms in total. The van der Waals surface area contributed by atoms with Crippen molar-refractivity contribution >= 4 is 0 Å². The van der Waals surface area contributed by atoms with Gasteiger partial charge in [0, 0.05) is 6.54 Å². The van der Waals surface area contributed by atoms with Gasteiger partial charge in [0.2, 0.25) is 0 Å². The predicted octanol–water partition coefficient (Wildman–Crippen LogP) is 3.79. The first-order valence-electron chi connectivity index (χ1n) is 7.09. The van der Waals surface area contributed by atoms with Gasteiger partial charge in [-0.1, -0.05) is 56.5 Å². The fourth-order valence-corrected chi connectivity index (χ4v) is 3.14. The van der Waals surface area contributed by atoms with E-state index in [9.17, 15) is 0 Å². The summed E-state index contributed by atoms with van der Waals surface area (Å²) in [5, 5.41) is 3.58. The third kappa shape index (κ3) is 3.57. The van der Waals surface area contributed by atoms with Crippen molar-refractivity contribution < 1.29 is 0 Å². The lowest BCUT2D eigenvalue weighted by Gasteiger charge is -2.38. The van der Waals surface area contributed by atoms with Crippen molar-refractivity contribution in [2.24, 2.45) is 5.41 Å². The van der Waals surface area contributed by atoms with Crippen LogP contribution in [0.2, 0.25) is 0 Å². The monoisotopic (exact) mass is 231 g/mol. The van der Waals surface area contributed by atoms with E-state index >= 15 is 0 Å². The molecule has 1 saturated carbocycles. The molecule has 94 valence electrons. The summed E-state index contributed by atoms with van der Waals surface area (Å²) in [4.78, 5) is 0. The van der Waals surface area contributed by atoms with Gasteiger partial charge in [-0.15, -0.1) is 0 Å². The van der Waals surface area contributed by atoms with Crippen LogP contribution in [-0.2, 0) is 6.42 Å². The lowest BCUT2D eigenvalue weighted by Crippen LogP contribution is -2.37. The van der Waals surface area contributed by atoms with Crippen molar-refractivity contribution in [3.05, 3.63) is 35.9 Å². The molecule has 0 bridgehead atoms. The van der Waals surface area contributed by atoms with E-state index in [-0.39, 0.29) is 0 Å². The van der Waals surface area contributed by atoms with Gasteiger partial charge < -0.3 is 5.32 Å². The van der Waals surface area contributed by atoms with E-state index in [1.165, 1.54) is 50.6 Å². The van der Waals surface area contributed by atoms with Crippen LogP contribution in [-0.4, -0.2) is 13.1 Å². The second-order valence-corrected chi connectivity index (χ2v) is 5.50. The number of rotatable bonds is 5. The second-order valence-electron chi connectivity index (χ2n) is 5.50. The van der Waals surface area contributed by atoms with Crippen LogP contribution in [0.5, 0.6) is 0 Å². The molecule has 1 aliphatic rings. The number of benzene rings is 1. The smallest absolute Gasteiger partial charge is 0.00109 e. The van der Waals surface area contributed by atoms with Gasteiger partial charge in [-0.25, -0.2) is 0 Å². The van der Waals surface area contributed by atoms with Crippen molar-refractivity contribution in [2.45, 2.75) is 45.4 Å². The molecule has 1 fully saturated rings. The molecule has 2 rings (SSSR count). The standard InChI is InChI=1S/C16H25N/c1-2-17-14-16(11-7-4-8-12-16)13-15-9-5-3-6-10-15/h3,5-6,9-10,17H,2,4,7-8,11-14H2,1H3. The van der Waals surface area contributed by atoms with E-state index in [4.69, 9.17) is 0 Å². The highest BCUT2D eigenvalue weighted by atomic mass is 14.9. The third-order valence-electron chi connectivity index (χ3n) is 4.09. The first-order valence-corrected chi connectivity index (χ1v) is 7.09. The topological polar surface area (TPSA) is 12.0 Å². The lowest BCUT2D eigenvalue weighted by atomic mass is 9.70. The van der Waals surface area contributed by atoms with Gasteiger partial charge in [0.25, 0.3) is 0 Å². The van der Waals surface area contributed by atoms with Gasteiger partial charge in [-0.2, -0.15) is 0 Å². The molecular formula is C16H25N. The molecule has 1 aromatic rings. The molecule has 1 N–H and O–H groups in total. The van der Waals surface area contributed by atoms with Crippen molar-refractivity contribution in [1.82, 2.24) is 5.32 Å². The minimum atomic E-state index is 0.523. The van der Waals surface area contributed by atoms with Crippen molar-refractivity contribution in [3.63, 3.8) is 0 Å². The summed E-state index contributed by atoms with van der Waals surface area (Å²) in [6.45, 7) is 4.49. The Morgan fingerprint density at radius 3 is 2.41 bits per heavy atom. The van der Waals surface area contributed by atoms with Crippen molar-refractivity contribution in [1.29, 1.82) is 0 Å². The highest BCUT2D eigenvalue weighted by Gasteiger charge is 2.31. The Morgan fingerprint density at radius 1 is 1.06 bits per heavy atom. The second kappa shape index (κ2) is 6.20. The summed E-state index contributed by atoms with van der Waals surface area (Å²) in [5.74, 6) is 0. The zero-order chi connectivity index (χ0) is 12.0. The number of hydrogen-bond donors (Lipinski definition) is 1. The van der Waals surface area contributed by atoms with Crippen molar-refractivity contribution in [3.8, 4) is 0 Å². The van der Waals surface area contributed by atoms with Gasteiger partial charge in [-0.3, -0.25) is 0 Å². The normalized spacial score (nSPS) is 19.1. The molecule has 0 atom stereocenters. The molecular weight excluding hydrogens is 206 g/mol. The maximum absolute atomic E-state index is 3.58. The van der Waals surface area contributed by atoms with Gasteiger partial charge in [-0.05, 0) is 36.8 Å². The van der Waals surface area contributed by atoms with Gasteiger partial charge in [0.15, 0.2) is 0 Å². The molecule has 1 aromatic carbocycles. The minimum Gasteiger partial charge on any atom is -0.316 e. The molecule has 1 aliphatic carbocycles. The minimum absolute atomic E-state index is 0.523. The molecule has 0 amide bonds. The largest absolute Gasteiger partial charge is 0.316 e. The average molecular weight is 231 g/mol.